The minimum Gasteiger partial charge on any atom is -0.389 e. The first-order valence-electron chi connectivity index (χ1n) is 5.39. The van der Waals surface area contributed by atoms with E-state index in [2.05, 4.69) is 10.6 Å². The first-order valence-corrected chi connectivity index (χ1v) is 5.39. The number of aliphatic hydroxyl groups is 1. The molecule has 0 spiro atoms. The van der Waals surface area contributed by atoms with E-state index < -0.39 is 11.6 Å². The number of nitrogens with one attached hydrogen (secondary N) is 2. The van der Waals surface area contributed by atoms with Crippen molar-refractivity contribution in [2.24, 2.45) is 0 Å². The molecule has 1 aliphatic heterocycles. The highest BCUT2D eigenvalue weighted by Crippen LogP contribution is 2.28. The van der Waals surface area contributed by atoms with Gasteiger partial charge in [-0.1, -0.05) is 12.8 Å². The molecule has 2 rings (SSSR count). The minimum absolute atomic E-state index is 0.189. The molecule has 0 aromatic heterocycles. The van der Waals surface area contributed by atoms with Crippen LogP contribution in [0, 0.1) is 0 Å². The van der Waals surface area contributed by atoms with Gasteiger partial charge in [0.25, 0.3) is 0 Å². The van der Waals surface area contributed by atoms with E-state index in [4.69, 9.17) is 0 Å². The van der Waals surface area contributed by atoms with Crippen LogP contribution >= 0.6 is 0 Å². The second-order valence-electron chi connectivity index (χ2n) is 4.48. The molecule has 2 fully saturated rings. The third-order valence-corrected chi connectivity index (χ3v) is 3.18. The third-order valence-electron chi connectivity index (χ3n) is 3.18. The minimum atomic E-state index is -0.675. The largest absolute Gasteiger partial charge is 0.389 e. The zero-order chi connectivity index (χ0) is 10.9. The zero-order valence-corrected chi connectivity index (χ0v) is 8.58. The average molecular weight is 212 g/mol. The van der Waals surface area contributed by atoms with Gasteiger partial charge in [0, 0.05) is 6.54 Å². The van der Waals surface area contributed by atoms with Crippen LogP contribution in [0.1, 0.15) is 32.1 Å². The molecule has 5 nitrogen and oxygen atoms in total. The smallest absolute Gasteiger partial charge is 0.244 e. The van der Waals surface area contributed by atoms with Crippen molar-refractivity contribution >= 4 is 11.8 Å². The summed E-state index contributed by atoms with van der Waals surface area (Å²) in [5, 5.41) is 15.2. The van der Waals surface area contributed by atoms with Crippen molar-refractivity contribution < 1.29 is 14.7 Å². The van der Waals surface area contributed by atoms with Gasteiger partial charge in [-0.15, -0.1) is 0 Å². The lowest BCUT2D eigenvalue weighted by Crippen LogP contribution is -2.45. The molecule has 1 saturated heterocycles. The van der Waals surface area contributed by atoms with E-state index in [1.807, 2.05) is 0 Å². The number of hydrogen-bond donors (Lipinski definition) is 3. The summed E-state index contributed by atoms with van der Waals surface area (Å²) in [6.45, 7) is 0.401. The Bertz CT molecular complexity index is 284. The molecule has 1 heterocycles. The highest BCUT2D eigenvalue weighted by Gasteiger charge is 2.35. The quantitative estimate of drug-likeness (QED) is 0.540. The maximum absolute atomic E-state index is 11.2. The number of amides is 2. The summed E-state index contributed by atoms with van der Waals surface area (Å²) in [4.78, 5) is 22.1. The van der Waals surface area contributed by atoms with Crippen LogP contribution in [-0.2, 0) is 9.59 Å². The second-order valence-corrected chi connectivity index (χ2v) is 4.48. The summed E-state index contributed by atoms with van der Waals surface area (Å²) in [5.74, 6) is -0.516. The van der Waals surface area contributed by atoms with Gasteiger partial charge in [-0.3, -0.25) is 14.9 Å². The number of rotatable bonds is 3. The van der Waals surface area contributed by atoms with Crippen LogP contribution in [-0.4, -0.2) is 35.1 Å². The number of hydrogen-bond acceptors (Lipinski definition) is 4. The summed E-state index contributed by atoms with van der Waals surface area (Å²) >= 11 is 0. The summed E-state index contributed by atoms with van der Waals surface area (Å²) in [6, 6.07) is -0.456. The summed E-state index contributed by atoms with van der Waals surface area (Å²) in [7, 11) is 0. The van der Waals surface area contributed by atoms with Gasteiger partial charge in [0.2, 0.25) is 11.8 Å². The molecule has 3 N–H and O–H groups in total. The van der Waals surface area contributed by atoms with Gasteiger partial charge < -0.3 is 10.4 Å². The molecule has 0 aromatic rings. The lowest BCUT2D eigenvalue weighted by Gasteiger charge is -2.23. The fourth-order valence-corrected chi connectivity index (χ4v) is 2.24. The van der Waals surface area contributed by atoms with E-state index in [0.717, 1.165) is 25.7 Å². The van der Waals surface area contributed by atoms with E-state index in [-0.39, 0.29) is 18.2 Å². The van der Waals surface area contributed by atoms with Crippen molar-refractivity contribution in [3.05, 3.63) is 0 Å². The molecule has 0 aromatic carbocycles. The normalized spacial score (nSPS) is 29.5. The molecule has 5 heteroatoms. The number of imide groups is 1. The van der Waals surface area contributed by atoms with Gasteiger partial charge in [-0.25, -0.2) is 0 Å². The van der Waals surface area contributed by atoms with Crippen LogP contribution in [0.25, 0.3) is 0 Å². The molecule has 1 unspecified atom stereocenters. The lowest BCUT2D eigenvalue weighted by atomic mass is 10.0. The zero-order valence-electron chi connectivity index (χ0n) is 8.58. The lowest BCUT2D eigenvalue weighted by molar-refractivity contribution is -0.125. The van der Waals surface area contributed by atoms with Crippen molar-refractivity contribution in [1.29, 1.82) is 0 Å². The summed E-state index contributed by atoms with van der Waals surface area (Å²) in [6.07, 6.45) is 3.82. The predicted molar refractivity (Wildman–Crippen MR) is 53.0 cm³/mol. The molecule has 2 aliphatic rings. The Balaban J connectivity index is 1.83. The molecule has 1 aliphatic carbocycles. The van der Waals surface area contributed by atoms with Crippen LogP contribution < -0.4 is 10.6 Å². The van der Waals surface area contributed by atoms with Gasteiger partial charge in [0.05, 0.1) is 18.1 Å². The topological polar surface area (TPSA) is 78.4 Å². The SMILES string of the molecule is O=C1CC(NCC2(O)CCCC2)C(=O)N1. The molecule has 0 bridgehead atoms. The van der Waals surface area contributed by atoms with Crippen molar-refractivity contribution in [2.75, 3.05) is 6.54 Å². The first-order chi connectivity index (χ1) is 7.09. The van der Waals surface area contributed by atoms with Crippen LogP contribution in [0.15, 0.2) is 0 Å². The number of carbonyl (C=O) groups excluding carboxylic acids is 2. The first kappa shape index (κ1) is 10.6. The Morgan fingerprint density at radius 2 is 2.07 bits per heavy atom. The summed E-state index contributed by atoms with van der Waals surface area (Å²) in [5.41, 5.74) is -0.675. The van der Waals surface area contributed by atoms with Crippen molar-refractivity contribution in [1.82, 2.24) is 10.6 Å². The van der Waals surface area contributed by atoms with Gasteiger partial charge in [-0.05, 0) is 12.8 Å². The van der Waals surface area contributed by atoms with E-state index in [1.165, 1.54) is 0 Å². The fraction of sp³-hybridized carbons (Fsp3) is 0.800. The van der Waals surface area contributed by atoms with Gasteiger partial charge in [-0.2, -0.15) is 0 Å². The Hall–Kier alpha value is -0.940. The standard InChI is InChI=1S/C10H16N2O3/c13-8-5-7(9(14)12-8)11-6-10(15)3-1-2-4-10/h7,11,15H,1-6H2,(H,12,13,14). The Labute approximate surface area is 88.2 Å². The van der Waals surface area contributed by atoms with Gasteiger partial charge in [0.1, 0.15) is 0 Å². The molecule has 84 valence electrons. The Morgan fingerprint density at radius 1 is 1.40 bits per heavy atom. The maximum Gasteiger partial charge on any atom is 0.244 e. The average Bonchev–Trinajstić information content (AvgIpc) is 2.71. The molecule has 0 radical (unpaired) electrons. The van der Waals surface area contributed by atoms with Gasteiger partial charge >= 0.3 is 0 Å². The van der Waals surface area contributed by atoms with E-state index in [0.29, 0.717) is 6.54 Å². The van der Waals surface area contributed by atoms with E-state index in [9.17, 15) is 14.7 Å². The van der Waals surface area contributed by atoms with Crippen molar-refractivity contribution in [3.8, 4) is 0 Å². The second kappa shape index (κ2) is 3.90. The predicted octanol–water partition coefficient (Wildman–Crippen LogP) is -0.704. The number of carbonyl (C=O) groups is 2. The summed E-state index contributed by atoms with van der Waals surface area (Å²) < 4.78 is 0. The highest BCUT2D eigenvalue weighted by molar-refractivity contribution is 6.05. The van der Waals surface area contributed by atoms with E-state index in [1.54, 1.807) is 0 Å². The molecular weight excluding hydrogens is 196 g/mol. The van der Waals surface area contributed by atoms with Crippen molar-refractivity contribution in [2.45, 2.75) is 43.7 Å². The van der Waals surface area contributed by atoms with Crippen LogP contribution in [0.3, 0.4) is 0 Å². The van der Waals surface area contributed by atoms with Crippen LogP contribution in [0.2, 0.25) is 0 Å². The maximum atomic E-state index is 11.2. The molecule has 1 saturated carbocycles. The molecular formula is C10H16N2O3. The Morgan fingerprint density at radius 3 is 2.60 bits per heavy atom. The van der Waals surface area contributed by atoms with Gasteiger partial charge in [0.15, 0.2) is 0 Å². The van der Waals surface area contributed by atoms with Crippen LogP contribution in [0.5, 0.6) is 0 Å². The molecule has 1 atom stereocenters. The highest BCUT2D eigenvalue weighted by atomic mass is 16.3. The van der Waals surface area contributed by atoms with Crippen LogP contribution in [0.4, 0.5) is 0 Å². The monoisotopic (exact) mass is 212 g/mol. The molecule has 15 heavy (non-hydrogen) atoms. The third kappa shape index (κ3) is 2.35. The fourth-order valence-electron chi connectivity index (χ4n) is 2.24. The Kier molecular flexibility index (Phi) is 2.75. The molecule has 2 amide bonds. The van der Waals surface area contributed by atoms with Crippen molar-refractivity contribution in [3.63, 3.8) is 0 Å². The van der Waals surface area contributed by atoms with E-state index >= 15 is 0 Å².